The van der Waals surface area contributed by atoms with Gasteiger partial charge in [-0.3, -0.25) is 4.79 Å². The quantitative estimate of drug-likeness (QED) is 0.0519. The lowest BCUT2D eigenvalue weighted by Crippen LogP contribution is -2.46. The summed E-state index contributed by atoms with van der Waals surface area (Å²) in [5.74, 6) is -1.00. The summed E-state index contributed by atoms with van der Waals surface area (Å²) in [6.07, 6.45) is -25.7. The van der Waals surface area contributed by atoms with Gasteiger partial charge >= 0.3 is 0 Å². The van der Waals surface area contributed by atoms with Crippen molar-refractivity contribution >= 4 is 24.6 Å². The Morgan fingerprint density at radius 2 is 0.583 bits per heavy atom. The van der Waals surface area contributed by atoms with E-state index in [-0.39, 0.29) is 18.9 Å². The Balaban J connectivity index is -0.000000269. The van der Waals surface area contributed by atoms with Crippen molar-refractivity contribution in [2.45, 2.75) is 91.6 Å². The van der Waals surface area contributed by atoms with Crippen LogP contribution in [0.15, 0.2) is 0 Å². The molecule has 0 aliphatic rings. The van der Waals surface area contributed by atoms with Crippen LogP contribution in [0.1, 0.15) is 0 Å². The van der Waals surface area contributed by atoms with Crippen molar-refractivity contribution in [1.29, 1.82) is 0 Å². The Morgan fingerprint density at radius 1 is 0.375 bits per heavy atom. The predicted octanol–water partition coefficient (Wildman–Crippen LogP) is -13.5. The summed E-state index contributed by atoms with van der Waals surface area (Å²) in [5.41, 5.74) is 0. The largest absolute Gasteiger partial charge is 0.394 e. The van der Waals surface area contributed by atoms with Gasteiger partial charge in [-0.25, -0.2) is 0 Å². The minimum atomic E-state index is -1.86. The van der Waals surface area contributed by atoms with E-state index < -0.39 is 130 Å². The number of ketones is 1. The average Bonchev–Trinajstić information content (AvgIpc) is 3.12. The highest BCUT2D eigenvalue weighted by Gasteiger charge is 2.31. The standard InChI is InChI=1S/4C6H12O6/c4*7-1-3(9)5(11)6(12)4(10)2-8/h3,5-9,11-12H,1-2H2;3*1,3-6,8-12H,2H2/t3-,5-,6-;3-,4+,5+,6+;2*3-,4+,5+,6-/m1000/s1. The van der Waals surface area contributed by atoms with Gasteiger partial charge in [-0.1, -0.05) is 0 Å². The minimum Gasteiger partial charge on any atom is -0.394 e. The summed E-state index contributed by atoms with van der Waals surface area (Å²) in [7, 11) is 0. The first-order valence-electron chi connectivity index (χ1n) is 13.3. The first-order chi connectivity index (χ1) is 22.2. The van der Waals surface area contributed by atoms with Crippen molar-refractivity contribution in [3.05, 3.63) is 0 Å². The second kappa shape index (κ2) is 29.8. The van der Waals surface area contributed by atoms with E-state index >= 15 is 0 Å². The molecule has 0 spiro atoms. The normalized spacial score (nSPS) is 20.4. The first-order valence-corrected chi connectivity index (χ1v) is 13.3. The zero-order valence-corrected chi connectivity index (χ0v) is 25.0. The predicted molar refractivity (Wildman–Crippen MR) is 149 cm³/mol. The maximum Gasteiger partial charge on any atom is 0.189 e. The zero-order valence-electron chi connectivity index (χ0n) is 25.0. The Kier molecular flexibility index (Phi) is 32.7. The monoisotopic (exact) mass is 720 g/mol. The van der Waals surface area contributed by atoms with Crippen LogP contribution in [0.25, 0.3) is 0 Å². The van der Waals surface area contributed by atoms with Crippen LogP contribution < -0.4 is 0 Å². The van der Waals surface area contributed by atoms with Gasteiger partial charge in [0.05, 0.1) is 26.4 Å². The number of aldehydes is 3. The highest BCUT2D eigenvalue weighted by atomic mass is 16.4. The van der Waals surface area contributed by atoms with Crippen LogP contribution in [-0.4, -0.2) is 251 Å². The summed E-state index contributed by atoms with van der Waals surface area (Å²) >= 11 is 0. The van der Waals surface area contributed by atoms with Crippen molar-refractivity contribution in [3.63, 3.8) is 0 Å². The third-order valence-electron chi connectivity index (χ3n) is 5.65. The molecule has 15 atom stereocenters. The summed E-state index contributed by atoms with van der Waals surface area (Å²) in [6, 6.07) is 0. The van der Waals surface area contributed by atoms with Gasteiger partial charge in [-0.15, -0.1) is 0 Å². The molecule has 0 aliphatic carbocycles. The number of carbonyl (C=O) groups excluding carboxylic acids is 4. The number of rotatable bonds is 20. The molecule has 0 heterocycles. The average molecular weight is 721 g/mol. The lowest BCUT2D eigenvalue weighted by Gasteiger charge is -2.22. The van der Waals surface area contributed by atoms with E-state index in [1.807, 2.05) is 0 Å². The second-order valence-electron chi connectivity index (χ2n) is 9.38. The van der Waals surface area contributed by atoms with Gasteiger partial charge in [0, 0.05) is 0 Å². The number of Topliss-reactive ketones (excluding diaryl/α,β-unsaturated/α-hetero) is 1. The van der Waals surface area contributed by atoms with Gasteiger partial charge in [0.1, 0.15) is 98.2 Å². The molecule has 0 aromatic carbocycles. The Labute approximate surface area is 271 Å². The zero-order chi connectivity index (χ0) is 38.9. The fourth-order valence-corrected chi connectivity index (χ4v) is 2.46. The van der Waals surface area contributed by atoms with Crippen LogP contribution >= 0.6 is 0 Å². The molecule has 0 amide bonds. The summed E-state index contributed by atoms with van der Waals surface area (Å²) in [5, 5.41) is 174. The molecule has 0 aliphatic heterocycles. The second-order valence-corrected chi connectivity index (χ2v) is 9.38. The van der Waals surface area contributed by atoms with Crippen LogP contribution in [0, 0.1) is 0 Å². The van der Waals surface area contributed by atoms with Crippen LogP contribution in [-0.2, 0) is 19.2 Å². The molecule has 0 saturated carbocycles. The molecule has 0 aromatic heterocycles. The topological polar surface area (TPSA) is 473 Å². The molecule has 48 heavy (non-hydrogen) atoms. The molecule has 0 fully saturated rings. The van der Waals surface area contributed by atoms with E-state index in [1.165, 1.54) is 0 Å². The van der Waals surface area contributed by atoms with Crippen LogP contribution in [0.5, 0.6) is 0 Å². The Morgan fingerprint density at radius 3 is 0.750 bits per heavy atom. The highest BCUT2D eigenvalue weighted by molar-refractivity contribution is 5.84. The van der Waals surface area contributed by atoms with E-state index in [0.29, 0.717) is 0 Å². The molecule has 0 rings (SSSR count). The molecule has 20 N–H and O–H groups in total. The van der Waals surface area contributed by atoms with Crippen LogP contribution in [0.4, 0.5) is 0 Å². The molecule has 0 aromatic rings. The molecule has 0 unspecified atom stereocenters. The maximum absolute atomic E-state index is 10.5. The van der Waals surface area contributed by atoms with Gasteiger partial charge in [-0.2, -0.15) is 0 Å². The Bertz CT molecular complexity index is 745. The van der Waals surface area contributed by atoms with Gasteiger partial charge < -0.3 is 117 Å². The highest BCUT2D eigenvalue weighted by Crippen LogP contribution is 2.05. The van der Waals surface area contributed by atoms with Gasteiger partial charge in [0.15, 0.2) is 24.6 Å². The summed E-state index contributed by atoms with van der Waals surface area (Å²) in [6.45, 7) is -3.97. The fourth-order valence-electron chi connectivity index (χ4n) is 2.46. The molecule has 288 valence electrons. The van der Waals surface area contributed by atoms with Gasteiger partial charge in [0.2, 0.25) is 0 Å². The van der Waals surface area contributed by atoms with Gasteiger partial charge in [0.25, 0.3) is 0 Å². The molecule has 0 radical (unpaired) electrons. The Hall–Kier alpha value is -2.12. The third-order valence-corrected chi connectivity index (χ3v) is 5.65. The first kappa shape index (κ1) is 52.7. The van der Waals surface area contributed by atoms with Crippen LogP contribution in [0.2, 0.25) is 0 Å². The maximum atomic E-state index is 10.5. The van der Waals surface area contributed by atoms with Crippen LogP contribution in [0.3, 0.4) is 0 Å². The van der Waals surface area contributed by atoms with Crippen molar-refractivity contribution in [3.8, 4) is 0 Å². The van der Waals surface area contributed by atoms with Crippen molar-refractivity contribution in [1.82, 2.24) is 0 Å². The molecule has 24 heteroatoms. The summed E-state index contributed by atoms with van der Waals surface area (Å²) < 4.78 is 0. The minimum absolute atomic E-state index is 0.0258. The lowest BCUT2D eigenvalue weighted by atomic mass is 10.0. The fraction of sp³-hybridized carbons (Fsp3) is 0.833. The van der Waals surface area contributed by atoms with Crippen molar-refractivity contribution in [2.24, 2.45) is 0 Å². The van der Waals surface area contributed by atoms with Gasteiger partial charge in [-0.05, 0) is 0 Å². The number of hydrogen-bond donors (Lipinski definition) is 20. The van der Waals surface area contributed by atoms with E-state index in [1.54, 1.807) is 0 Å². The van der Waals surface area contributed by atoms with E-state index in [9.17, 15) is 19.2 Å². The lowest BCUT2D eigenvalue weighted by molar-refractivity contribution is -0.142. The molecule has 0 saturated heterocycles. The molecule has 24 nitrogen and oxygen atoms in total. The summed E-state index contributed by atoms with van der Waals surface area (Å²) in [4.78, 5) is 40.2. The number of carbonyl (C=O) groups is 4. The number of aliphatic hydroxyl groups is 20. The molecular formula is C24H48O24. The third kappa shape index (κ3) is 21.1. The SMILES string of the molecule is O=C(CO)[C@@H](O)[C@H](O)[C@H](O)CO.O=C[C@H](O)[C@@H](O)[C@@H](O)[C@H](O)CO.O=C[C@H](O)[C@@H](O)[C@@H](O)[C@H](O)CO.O=C[C@H](O)[C@@H](O)[C@H](O)[C@H](O)CO. The van der Waals surface area contributed by atoms with E-state index in [4.69, 9.17) is 102 Å². The number of hydrogen-bond acceptors (Lipinski definition) is 24. The van der Waals surface area contributed by atoms with Crippen molar-refractivity contribution < 1.29 is 121 Å². The van der Waals surface area contributed by atoms with E-state index in [2.05, 4.69) is 0 Å². The molecular weight excluding hydrogens is 672 g/mol. The number of aliphatic hydroxyl groups excluding tert-OH is 20. The van der Waals surface area contributed by atoms with E-state index in [0.717, 1.165) is 0 Å². The smallest absolute Gasteiger partial charge is 0.189 e. The molecule has 0 bridgehead atoms. The van der Waals surface area contributed by atoms with Crippen molar-refractivity contribution in [2.75, 3.05) is 33.0 Å².